The number of anilines is 2. The number of ether oxygens (including phenoxy) is 2. The van der Waals surface area contributed by atoms with Gasteiger partial charge in [-0.2, -0.15) is 0 Å². The lowest BCUT2D eigenvalue weighted by Gasteiger charge is -2.32. The molecular formula is C30H46N3O5+. The first-order chi connectivity index (χ1) is 18.1. The van der Waals surface area contributed by atoms with Gasteiger partial charge in [0.05, 0.1) is 28.3 Å². The zero-order valence-corrected chi connectivity index (χ0v) is 24.8. The molecular weight excluding hydrogens is 482 g/mol. The summed E-state index contributed by atoms with van der Waals surface area (Å²) in [5.74, 6) is 2.70. The summed E-state index contributed by atoms with van der Waals surface area (Å²) in [5.41, 5.74) is 6.87. The van der Waals surface area contributed by atoms with E-state index in [1.165, 1.54) is 5.69 Å². The van der Waals surface area contributed by atoms with E-state index < -0.39 is 0 Å². The summed E-state index contributed by atoms with van der Waals surface area (Å²) in [6.07, 6.45) is 0. The van der Waals surface area contributed by atoms with Crippen molar-refractivity contribution in [2.24, 2.45) is 0 Å². The number of nitrogens with zero attached hydrogens (tertiary/aromatic N) is 3. The maximum atomic E-state index is 7.00. The van der Waals surface area contributed by atoms with Gasteiger partial charge in [0.25, 0.3) is 0 Å². The van der Waals surface area contributed by atoms with Gasteiger partial charge in [0.2, 0.25) is 0 Å². The molecule has 1 heterocycles. The van der Waals surface area contributed by atoms with Crippen LogP contribution >= 0.6 is 0 Å². The van der Waals surface area contributed by atoms with Gasteiger partial charge in [-0.1, -0.05) is 12.1 Å². The van der Waals surface area contributed by atoms with E-state index in [1.54, 1.807) is 7.11 Å². The molecule has 0 aliphatic carbocycles. The highest BCUT2D eigenvalue weighted by Gasteiger charge is 2.32. The highest BCUT2D eigenvalue weighted by Crippen LogP contribution is 2.51. The van der Waals surface area contributed by atoms with Gasteiger partial charge in [0.1, 0.15) is 22.9 Å². The monoisotopic (exact) mass is 528 g/mol. The van der Waals surface area contributed by atoms with E-state index in [2.05, 4.69) is 85.5 Å². The number of aliphatic hydroxyl groups is 3. The lowest BCUT2D eigenvalue weighted by Crippen LogP contribution is -2.34. The number of rotatable bonds is 5. The van der Waals surface area contributed by atoms with Crippen LogP contribution in [0.3, 0.4) is 0 Å². The normalized spacial score (nSPS) is 11.5. The predicted molar refractivity (Wildman–Crippen MR) is 160 cm³/mol. The fourth-order valence-corrected chi connectivity index (χ4v) is 4.23. The Bertz CT molecular complexity index is 1100. The zero-order chi connectivity index (χ0) is 29.2. The molecule has 0 saturated heterocycles. The molecule has 3 aromatic rings. The average Bonchev–Trinajstić information content (AvgIpc) is 2.93. The van der Waals surface area contributed by atoms with Gasteiger partial charge >= 0.3 is 0 Å². The zero-order valence-electron chi connectivity index (χ0n) is 24.8. The van der Waals surface area contributed by atoms with Crippen LogP contribution in [0.15, 0.2) is 54.6 Å². The van der Waals surface area contributed by atoms with Gasteiger partial charge in [-0.05, 0) is 24.3 Å². The lowest BCUT2D eigenvalue weighted by atomic mass is 9.81. The molecule has 0 unspecified atom stereocenters. The van der Waals surface area contributed by atoms with Crippen molar-refractivity contribution in [2.75, 3.05) is 87.6 Å². The van der Waals surface area contributed by atoms with Crippen LogP contribution in [0.1, 0.15) is 22.6 Å². The van der Waals surface area contributed by atoms with Crippen LogP contribution in [0, 0.1) is 0 Å². The second kappa shape index (κ2) is 14.6. The second-order valence-electron chi connectivity index (χ2n) is 9.71. The van der Waals surface area contributed by atoms with Crippen LogP contribution in [-0.4, -0.2) is 93.1 Å². The summed E-state index contributed by atoms with van der Waals surface area (Å²) >= 11 is 0. The highest BCUT2D eigenvalue weighted by atomic mass is 16.5. The van der Waals surface area contributed by atoms with Crippen LogP contribution in [0.25, 0.3) is 0 Å². The molecule has 0 atom stereocenters. The summed E-state index contributed by atoms with van der Waals surface area (Å²) in [7, 11) is 19.4. The minimum atomic E-state index is 0.0256. The molecule has 0 spiro atoms. The first-order valence-electron chi connectivity index (χ1n) is 12.2. The fourth-order valence-electron chi connectivity index (χ4n) is 4.23. The Morgan fingerprint density at radius 2 is 1.08 bits per heavy atom. The molecule has 1 aliphatic heterocycles. The lowest BCUT2D eigenvalue weighted by molar-refractivity contribution is 0.399. The topological polar surface area (TPSA) is 85.6 Å². The third-order valence-corrected chi connectivity index (χ3v) is 6.17. The number of hydrogen-bond donors (Lipinski definition) is 3. The third kappa shape index (κ3) is 7.17. The van der Waals surface area contributed by atoms with E-state index >= 15 is 0 Å². The average molecular weight is 529 g/mol. The first-order valence-corrected chi connectivity index (χ1v) is 12.2. The van der Waals surface area contributed by atoms with Crippen molar-refractivity contribution in [2.45, 2.75) is 5.92 Å². The SMILES string of the molecule is CO.CO.CO.COc1cc([N+](C)(C)C)ccc1C1c2ccc(N(C)C)cc2Oc2cc(N(C)C)ccc21. The summed E-state index contributed by atoms with van der Waals surface area (Å²) < 4.78 is 13.1. The summed E-state index contributed by atoms with van der Waals surface area (Å²) in [6, 6.07) is 19.5. The largest absolute Gasteiger partial charge is 0.496 e. The molecule has 0 fully saturated rings. The van der Waals surface area contributed by atoms with E-state index in [1.807, 2.05) is 28.2 Å². The van der Waals surface area contributed by atoms with E-state index in [0.717, 1.165) is 71.1 Å². The van der Waals surface area contributed by atoms with Gasteiger partial charge in [-0.15, -0.1) is 0 Å². The van der Waals surface area contributed by atoms with Crippen molar-refractivity contribution < 1.29 is 24.8 Å². The summed E-state index contributed by atoms with van der Waals surface area (Å²) in [4.78, 5) is 4.20. The van der Waals surface area contributed by atoms with Gasteiger partial charge in [0, 0.05) is 102 Å². The standard InChI is InChI=1S/C27H34N3O2.3CH4O/c1-28(2)18-9-12-22-25(15-18)32-26-16-19(29(3)4)10-13-23(26)27(22)21-14-11-20(30(5,6)7)17-24(21)31-8;3*1-2/h9-17,27H,1-8H3;3*2H,1H3/q+1;;;. The third-order valence-electron chi connectivity index (χ3n) is 6.17. The molecule has 0 saturated carbocycles. The molecule has 38 heavy (non-hydrogen) atoms. The van der Waals surface area contributed by atoms with Crippen molar-refractivity contribution in [3.8, 4) is 17.2 Å². The summed E-state index contributed by atoms with van der Waals surface area (Å²) in [6.45, 7) is 0. The van der Waals surface area contributed by atoms with Gasteiger partial charge in [0.15, 0.2) is 0 Å². The molecule has 0 amide bonds. The molecule has 210 valence electrons. The molecule has 0 aromatic heterocycles. The molecule has 8 heteroatoms. The number of quaternary nitrogens is 1. The Hall–Kier alpha value is -3.30. The number of aliphatic hydroxyl groups excluding tert-OH is 3. The van der Waals surface area contributed by atoms with Crippen molar-refractivity contribution in [3.05, 3.63) is 71.3 Å². The Morgan fingerprint density at radius 1 is 0.658 bits per heavy atom. The maximum absolute atomic E-state index is 7.00. The van der Waals surface area contributed by atoms with Gasteiger partial charge in [-0.3, -0.25) is 4.48 Å². The number of benzene rings is 3. The quantitative estimate of drug-likeness (QED) is 0.336. The molecule has 4 rings (SSSR count). The molecule has 0 bridgehead atoms. The number of fused-ring (bicyclic) bond motifs is 2. The smallest absolute Gasteiger partial charge is 0.135 e. The number of hydrogen-bond acceptors (Lipinski definition) is 7. The van der Waals surface area contributed by atoms with Crippen molar-refractivity contribution >= 4 is 17.1 Å². The Balaban J connectivity index is 0.00000112. The highest BCUT2D eigenvalue weighted by molar-refractivity contribution is 5.67. The summed E-state index contributed by atoms with van der Waals surface area (Å²) in [5, 5.41) is 21.0. The van der Waals surface area contributed by atoms with Crippen LogP contribution in [0.2, 0.25) is 0 Å². The Kier molecular flexibility index (Phi) is 12.6. The second-order valence-corrected chi connectivity index (χ2v) is 9.71. The van der Waals surface area contributed by atoms with Gasteiger partial charge < -0.3 is 34.6 Å². The van der Waals surface area contributed by atoms with Crippen LogP contribution in [0.4, 0.5) is 17.1 Å². The van der Waals surface area contributed by atoms with Crippen LogP contribution in [0.5, 0.6) is 17.2 Å². The van der Waals surface area contributed by atoms with E-state index in [0.29, 0.717) is 0 Å². The van der Waals surface area contributed by atoms with E-state index in [-0.39, 0.29) is 5.92 Å². The van der Waals surface area contributed by atoms with Crippen molar-refractivity contribution in [3.63, 3.8) is 0 Å². The Morgan fingerprint density at radius 3 is 1.45 bits per heavy atom. The van der Waals surface area contributed by atoms with E-state index in [4.69, 9.17) is 24.8 Å². The molecule has 1 aliphatic rings. The first kappa shape index (κ1) is 32.7. The van der Waals surface area contributed by atoms with Crippen molar-refractivity contribution in [1.29, 1.82) is 0 Å². The maximum Gasteiger partial charge on any atom is 0.135 e. The van der Waals surface area contributed by atoms with Gasteiger partial charge in [-0.25, -0.2) is 0 Å². The number of methoxy groups -OCH3 is 1. The fraction of sp³-hybridized carbons (Fsp3) is 0.400. The predicted octanol–water partition coefficient (Wildman–Crippen LogP) is 4.14. The van der Waals surface area contributed by atoms with E-state index in [9.17, 15) is 0 Å². The van der Waals surface area contributed by atoms with Crippen LogP contribution in [-0.2, 0) is 0 Å². The van der Waals surface area contributed by atoms with Crippen LogP contribution < -0.4 is 23.8 Å². The minimum absolute atomic E-state index is 0.0256. The molecule has 3 aromatic carbocycles. The molecule has 8 nitrogen and oxygen atoms in total. The molecule has 3 N–H and O–H groups in total. The Labute approximate surface area is 228 Å². The van der Waals surface area contributed by atoms with Crippen molar-refractivity contribution in [1.82, 2.24) is 4.48 Å². The minimum Gasteiger partial charge on any atom is -0.496 e. The molecule has 0 radical (unpaired) electrons.